The summed E-state index contributed by atoms with van der Waals surface area (Å²) in [7, 11) is -2.16. The van der Waals surface area contributed by atoms with E-state index < -0.39 is 21.2 Å². The van der Waals surface area contributed by atoms with Crippen LogP contribution in [0.25, 0.3) is 0 Å². The Bertz CT molecular complexity index is 1080. The second-order valence-corrected chi connectivity index (χ2v) is 11.5. The lowest BCUT2D eigenvalue weighted by molar-refractivity contribution is 0.177. The van der Waals surface area contributed by atoms with Crippen molar-refractivity contribution >= 4 is 9.84 Å². The summed E-state index contributed by atoms with van der Waals surface area (Å²) in [6.07, 6.45) is -0.735. The molecule has 0 saturated heterocycles. The molecule has 0 unspecified atom stereocenters. The van der Waals surface area contributed by atoms with Crippen LogP contribution in [-0.2, 0) is 14.9 Å². The van der Waals surface area contributed by atoms with E-state index in [4.69, 9.17) is 9.47 Å². The summed E-state index contributed by atoms with van der Waals surface area (Å²) in [6, 6.07) is 6.61. The van der Waals surface area contributed by atoms with E-state index >= 15 is 0 Å². The minimum Gasteiger partial charge on any atom is -0.493 e. The monoisotopic (exact) mass is 445 g/mol. The van der Waals surface area contributed by atoms with Crippen molar-refractivity contribution in [3.63, 3.8) is 0 Å². The fraction of sp³-hybridized carbons (Fsp3) is 0.520. The smallest absolute Gasteiger partial charge is 0.188 e. The van der Waals surface area contributed by atoms with Gasteiger partial charge in [-0.1, -0.05) is 47.6 Å². The molecule has 0 amide bonds. The standard InChI is InChI=1S/C25H33O5S/c1-13(2)17-12-18(26)21(14(3)4)22(15(5)6)23(17)24-16(7)31(27,28)20-11-9-10-19(29-8)25(20)30-24/h9-16,24H,1-8H3/t16-,24+/m0/s1. The maximum Gasteiger partial charge on any atom is 0.188 e. The van der Waals surface area contributed by atoms with Crippen molar-refractivity contribution in [2.24, 2.45) is 0 Å². The Morgan fingerprint density at radius 2 is 1.58 bits per heavy atom. The number of para-hydroxylation sites is 1. The molecule has 1 radical (unpaired) electrons. The van der Waals surface area contributed by atoms with Crippen LogP contribution in [0.4, 0.5) is 0 Å². The van der Waals surface area contributed by atoms with Gasteiger partial charge in [0.1, 0.15) is 16.2 Å². The first-order valence-corrected chi connectivity index (χ1v) is 12.4. The molecule has 0 aliphatic carbocycles. The topological polar surface area (TPSA) is 72.5 Å². The number of rotatable bonds is 5. The first-order chi connectivity index (χ1) is 14.4. The Morgan fingerprint density at radius 1 is 0.968 bits per heavy atom. The van der Waals surface area contributed by atoms with Gasteiger partial charge in [0.15, 0.2) is 27.1 Å². The van der Waals surface area contributed by atoms with Crippen molar-refractivity contribution in [1.82, 2.24) is 0 Å². The Hall–Kier alpha value is -2.21. The minimum absolute atomic E-state index is 0.00968. The van der Waals surface area contributed by atoms with E-state index in [9.17, 15) is 13.5 Å². The van der Waals surface area contributed by atoms with E-state index in [-0.39, 0.29) is 34.1 Å². The van der Waals surface area contributed by atoms with Crippen molar-refractivity contribution in [2.45, 2.75) is 82.5 Å². The zero-order chi connectivity index (χ0) is 23.2. The molecule has 0 N–H and O–H groups in total. The van der Waals surface area contributed by atoms with E-state index in [1.54, 1.807) is 31.2 Å². The molecule has 1 aliphatic heterocycles. The van der Waals surface area contributed by atoms with Crippen molar-refractivity contribution in [3.05, 3.63) is 46.5 Å². The van der Waals surface area contributed by atoms with Gasteiger partial charge in [-0.2, -0.15) is 0 Å². The predicted molar refractivity (Wildman–Crippen MR) is 122 cm³/mol. The van der Waals surface area contributed by atoms with Crippen LogP contribution in [0.5, 0.6) is 17.2 Å². The lowest BCUT2D eigenvalue weighted by Gasteiger charge is -2.36. The van der Waals surface area contributed by atoms with Crippen LogP contribution in [0.15, 0.2) is 29.2 Å². The largest absolute Gasteiger partial charge is 0.493 e. The number of methoxy groups -OCH3 is 1. The number of fused-ring (bicyclic) bond motifs is 1. The lowest BCUT2D eigenvalue weighted by atomic mass is 9.79. The number of sulfone groups is 1. The number of benzene rings is 2. The normalized spacial score (nSPS) is 20.1. The van der Waals surface area contributed by atoms with Gasteiger partial charge in [0.2, 0.25) is 0 Å². The molecule has 5 nitrogen and oxygen atoms in total. The number of hydrogen-bond donors (Lipinski definition) is 0. The van der Waals surface area contributed by atoms with Crippen LogP contribution < -0.4 is 9.47 Å². The second kappa shape index (κ2) is 8.38. The van der Waals surface area contributed by atoms with Crippen LogP contribution in [0, 0.1) is 0 Å². The summed E-state index contributed by atoms with van der Waals surface area (Å²) < 4.78 is 38.9. The molecular weight excluding hydrogens is 412 g/mol. The Kier molecular flexibility index (Phi) is 6.34. The fourth-order valence-corrected chi connectivity index (χ4v) is 6.21. The predicted octanol–water partition coefficient (Wildman–Crippen LogP) is 6.51. The van der Waals surface area contributed by atoms with Crippen molar-refractivity contribution in [1.29, 1.82) is 0 Å². The Balaban J connectivity index is 2.40. The van der Waals surface area contributed by atoms with Gasteiger partial charge < -0.3 is 9.47 Å². The molecular formula is C25H33O5S. The zero-order valence-corrected chi connectivity index (χ0v) is 20.5. The van der Waals surface area contributed by atoms with E-state index in [1.807, 2.05) is 41.5 Å². The molecule has 1 aliphatic rings. The van der Waals surface area contributed by atoms with Gasteiger partial charge in [0.05, 0.1) is 7.11 Å². The molecule has 0 bridgehead atoms. The van der Waals surface area contributed by atoms with Gasteiger partial charge in [-0.05, 0) is 54.0 Å². The first kappa shape index (κ1) is 23.5. The minimum atomic E-state index is -3.66. The van der Waals surface area contributed by atoms with Crippen LogP contribution in [0.1, 0.15) is 94.6 Å². The molecule has 0 spiro atoms. The average Bonchev–Trinajstić information content (AvgIpc) is 2.69. The molecule has 0 saturated carbocycles. The van der Waals surface area contributed by atoms with Crippen LogP contribution in [-0.4, -0.2) is 20.8 Å². The molecule has 2 aromatic rings. The summed E-state index contributed by atoms with van der Waals surface area (Å²) in [4.78, 5) is 0.150. The van der Waals surface area contributed by atoms with Gasteiger partial charge >= 0.3 is 0 Å². The summed E-state index contributed by atoms with van der Waals surface area (Å²) >= 11 is 0. The quantitative estimate of drug-likeness (QED) is 0.526. The molecule has 31 heavy (non-hydrogen) atoms. The van der Waals surface area contributed by atoms with E-state index in [1.165, 1.54) is 7.11 Å². The van der Waals surface area contributed by atoms with Crippen LogP contribution >= 0.6 is 0 Å². The van der Waals surface area contributed by atoms with Crippen LogP contribution in [0.3, 0.4) is 0 Å². The van der Waals surface area contributed by atoms with E-state index in [0.29, 0.717) is 5.75 Å². The van der Waals surface area contributed by atoms with E-state index in [0.717, 1.165) is 22.3 Å². The summed E-state index contributed by atoms with van der Waals surface area (Å²) in [6.45, 7) is 13.8. The van der Waals surface area contributed by atoms with Crippen molar-refractivity contribution in [3.8, 4) is 17.2 Å². The molecule has 0 fully saturated rings. The van der Waals surface area contributed by atoms with Gasteiger partial charge in [0, 0.05) is 11.1 Å². The molecule has 3 rings (SSSR count). The zero-order valence-electron chi connectivity index (χ0n) is 19.6. The fourth-order valence-electron chi connectivity index (χ4n) is 4.62. The molecule has 2 atom stereocenters. The van der Waals surface area contributed by atoms with Crippen molar-refractivity contribution < 1.29 is 23.0 Å². The second-order valence-electron chi connectivity index (χ2n) is 9.25. The maximum atomic E-state index is 13.5. The maximum absolute atomic E-state index is 13.5. The Morgan fingerprint density at radius 3 is 2.10 bits per heavy atom. The molecule has 2 aromatic carbocycles. The first-order valence-electron chi connectivity index (χ1n) is 10.9. The third-order valence-electron chi connectivity index (χ3n) is 6.13. The summed E-state index contributed by atoms with van der Waals surface area (Å²) in [5.74, 6) is 0.738. The third-order valence-corrected chi connectivity index (χ3v) is 8.30. The highest BCUT2D eigenvalue weighted by molar-refractivity contribution is 7.92. The van der Waals surface area contributed by atoms with Crippen molar-refractivity contribution in [2.75, 3.05) is 7.11 Å². The molecule has 169 valence electrons. The number of hydrogen-bond acceptors (Lipinski definition) is 4. The van der Waals surface area contributed by atoms with Gasteiger partial charge in [-0.3, -0.25) is 5.11 Å². The SMILES string of the molecule is COc1cccc2c1O[C@@H](c1c(C(C)C)cc([O])c(C(C)C)c1C(C)C)[C@H](C)S2(=O)=O. The highest BCUT2D eigenvalue weighted by atomic mass is 32.2. The van der Waals surface area contributed by atoms with Gasteiger partial charge in [-0.15, -0.1) is 0 Å². The Labute approximate surface area is 186 Å². The molecule has 1 heterocycles. The molecule has 6 heteroatoms. The van der Waals surface area contributed by atoms with E-state index in [2.05, 4.69) is 0 Å². The highest BCUT2D eigenvalue weighted by Crippen LogP contribution is 2.50. The molecule has 0 aromatic heterocycles. The highest BCUT2D eigenvalue weighted by Gasteiger charge is 2.44. The summed E-state index contributed by atoms with van der Waals surface area (Å²) in [5.41, 5.74) is 3.34. The van der Waals surface area contributed by atoms with Gasteiger partial charge in [-0.25, -0.2) is 8.42 Å². The average molecular weight is 446 g/mol. The third kappa shape index (κ3) is 3.79. The van der Waals surface area contributed by atoms with Crippen LogP contribution in [0.2, 0.25) is 0 Å². The summed E-state index contributed by atoms with van der Waals surface area (Å²) in [5, 5.41) is 12.3. The van der Waals surface area contributed by atoms with Gasteiger partial charge in [0.25, 0.3) is 0 Å². The lowest BCUT2D eigenvalue weighted by Crippen LogP contribution is -2.36. The number of ether oxygens (including phenoxy) is 2.